The molecule has 40 heavy (non-hydrogen) atoms. The summed E-state index contributed by atoms with van der Waals surface area (Å²) in [5, 5.41) is 0. The van der Waals surface area contributed by atoms with Crippen molar-refractivity contribution >= 4 is 5.91 Å². The van der Waals surface area contributed by atoms with E-state index >= 15 is 0 Å². The van der Waals surface area contributed by atoms with Crippen molar-refractivity contribution in [2.45, 2.75) is 52.4 Å². The van der Waals surface area contributed by atoms with E-state index in [1.807, 2.05) is 24.3 Å². The Balaban J connectivity index is 1.55. The van der Waals surface area contributed by atoms with Gasteiger partial charge in [0.05, 0.1) is 12.7 Å². The lowest BCUT2D eigenvalue weighted by atomic mass is 10.0. The van der Waals surface area contributed by atoms with Gasteiger partial charge in [-0.2, -0.15) is 18.2 Å². The summed E-state index contributed by atoms with van der Waals surface area (Å²) in [6.45, 7) is 7.49. The van der Waals surface area contributed by atoms with E-state index in [-0.39, 0.29) is 24.0 Å². The molecule has 10 heteroatoms. The van der Waals surface area contributed by atoms with Crippen LogP contribution in [0, 0.1) is 0 Å². The molecule has 0 N–H and O–H groups in total. The average molecular weight is 557 g/mol. The minimum absolute atomic E-state index is 0.0146. The molecule has 0 fully saturated rings. The Labute approximate surface area is 232 Å². The highest BCUT2D eigenvalue weighted by Crippen LogP contribution is 2.31. The number of amides is 1. The molecule has 3 aromatic rings. The number of alkyl halides is 3. The molecule has 0 bridgehead atoms. The summed E-state index contributed by atoms with van der Waals surface area (Å²) in [4.78, 5) is 34.2. The zero-order valence-corrected chi connectivity index (χ0v) is 23.1. The van der Waals surface area contributed by atoms with Gasteiger partial charge in [0.1, 0.15) is 6.54 Å². The second-order valence-corrected chi connectivity index (χ2v) is 9.88. The first-order valence-electron chi connectivity index (χ1n) is 13.6. The Morgan fingerprint density at radius 2 is 1.60 bits per heavy atom. The molecule has 0 radical (unpaired) electrons. The lowest BCUT2D eigenvalue weighted by Gasteiger charge is -2.28. The number of hydrogen-bond acceptors (Lipinski definition) is 5. The van der Waals surface area contributed by atoms with Gasteiger partial charge in [0.2, 0.25) is 5.91 Å². The molecule has 0 spiro atoms. The van der Waals surface area contributed by atoms with E-state index in [2.05, 4.69) is 23.7 Å². The largest absolute Gasteiger partial charge is 0.468 e. The number of halogens is 3. The number of likely N-dealkylation sites (N-methyl/N-ethyl adjacent to an activating group) is 1. The van der Waals surface area contributed by atoms with E-state index in [0.717, 1.165) is 48.5 Å². The fourth-order valence-corrected chi connectivity index (χ4v) is 5.11. The number of carbonyl (C=O) groups excluding carboxylic acids is 1. The minimum Gasteiger partial charge on any atom is -0.468 e. The summed E-state index contributed by atoms with van der Waals surface area (Å²) in [5.41, 5.74) is 2.87. The summed E-state index contributed by atoms with van der Waals surface area (Å²) in [7, 11) is 1.44. The molecule has 1 heterocycles. The summed E-state index contributed by atoms with van der Waals surface area (Å²) >= 11 is 0. The van der Waals surface area contributed by atoms with Crippen LogP contribution in [-0.2, 0) is 36.9 Å². The Kier molecular flexibility index (Phi) is 9.29. The van der Waals surface area contributed by atoms with Crippen LogP contribution in [0.2, 0.25) is 0 Å². The van der Waals surface area contributed by atoms with Crippen molar-refractivity contribution in [2.75, 3.05) is 33.3 Å². The van der Waals surface area contributed by atoms with Crippen molar-refractivity contribution in [3.05, 3.63) is 81.3 Å². The van der Waals surface area contributed by atoms with Crippen LogP contribution in [0.5, 0.6) is 6.01 Å². The fourth-order valence-electron chi connectivity index (χ4n) is 5.11. The molecular weight excluding hydrogens is 521 g/mol. The van der Waals surface area contributed by atoms with Gasteiger partial charge in [0.25, 0.3) is 11.6 Å². The molecule has 7 nitrogen and oxygen atoms in total. The monoisotopic (exact) mass is 556 g/mol. The molecule has 0 saturated carbocycles. The van der Waals surface area contributed by atoms with Gasteiger partial charge in [-0.3, -0.25) is 14.2 Å². The number of ether oxygens (including phenoxy) is 1. The van der Waals surface area contributed by atoms with E-state index in [4.69, 9.17) is 4.74 Å². The van der Waals surface area contributed by atoms with Crippen molar-refractivity contribution in [1.82, 2.24) is 19.4 Å². The molecule has 1 aromatic heterocycles. The number of methoxy groups -OCH3 is 1. The summed E-state index contributed by atoms with van der Waals surface area (Å²) in [6.07, 6.45) is -2.19. The summed E-state index contributed by atoms with van der Waals surface area (Å²) in [6, 6.07) is 12.7. The SMILES string of the molecule is CCN(CC)CCN(Cc1ccc(-c2ccc(C(F)(F)F)cc2)cc1)C(=O)Cn1c(OC)nc(=O)c2c1CCC2. The summed E-state index contributed by atoms with van der Waals surface area (Å²) in [5.74, 6) is -0.114. The van der Waals surface area contributed by atoms with Gasteiger partial charge in [-0.1, -0.05) is 50.2 Å². The normalized spacial score (nSPS) is 13.0. The van der Waals surface area contributed by atoms with Gasteiger partial charge in [0, 0.05) is 30.9 Å². The highest BCUT2D eigenvalue weighted by Gasteiger charge is 2.30. The number of hydrogen-bond donors (Lipinski definition) is 0. The molecule has 1 aliphatic rings. The van der Waals surface area contributed by atoms with Crippen LogP contribution >= 0.6 is 0 Å². The Bertz CT molecular complexity index is 1370. The van der Waals surface area contributed by atoms with Crippen LogP contribution in [0.25, 0.3) is 11.1 Å². The van der Waals surface area contributed by atoms with Crippen molar-refractivity contribution in [3.8, 4) is 17.1 Å². The third-order valence-electron chi connectivity index (χ3n) is 7.48. The first kappa shape index (κ1) is 29.3. The Morgan fingerprint density at radius 3 is 2.17 bits per heavy atom. The highest BCUT2D eigenvalue weighted by molar-refractivity contribution is 5.76. The van der Waals surface area contributed by atoms with Gasteiger partial charge in [-0.25, -0.2) is 0 Å². The zero-order valence-electron chi connectivity index (χ0n) is 23.1. The average Bonchev–Trinajstić information content (AvgIpc) is 3.45. The Morgan fingerprint density at radius 1 is 0.975 bits per heavy atom. The topological polar surface area (TPSA) is 67.7 Å². The Hall–Kier alpha value is -3.66. The van der Waals surface area contributed by atoms with Crippen molar-refractivity contribution in [3.63, 3.8) is 0 Å². The molecule has 0 aliphatic heterocycles. The van der Waals surface area contributed by atoms with Crippen LogP contribution in [-0.4, -0.2) is 58.5 Å². The molecule has 0 atom stereocenters. The van der Waals surface area contributed by atoms with E-state index in [1.54, 1.807) is 9.47 Å². The number of aromatic nitrogens is 2. The summed E-state index contributed by atoms with van der Waals surface area (Å²) < 4.78 is 45.9. The maximum atomic E-state index is 13.7. The van der Waals surface area contributed by atoms with Gasteiger partial charge < -0.3 is 14.5 Å². The smallest absolute Gasteiger partial charge is 0.416 e. The van der Waals surface area contributed by atoms with Crippen molar-refractivity contribution in [1.29, 1.82) is 0 Å². The number of fused-ring (bicyclic) bond motifs is 1. The van der Waals surface area contributed by atoms with Gasteiger partial charge >= 0.3 is 6.18 Å². The fraction of sp³-hybridized carbons (Fsp3) is 0.433. The molecule has 214 valence electrons. The maximum absolute atomic E-state index is 13.7. The molecule has 2 aromatic carbocycles. The van der Waals surface area contributed by atoms with Crippen LogP contribution < -0.4 is 10.3 Å². The zero-order chi connectivity index (χ0) is 28.9. The van der Waals surface area contributed by atoms with Crippen LogP contribution in [0.1, 0.15) is 42.7 Å². The van der Waals surface area contributed by atoms with Crippen LogP contribution in [0.15, 0.2) is 53.3 Å². The van der Waals surface area contributed by atoms with Crippen LogP contribution in [0.3, 0.4) is 0 Å². The van der Waals surface area contributed by atoms with Gasteiger partial charge in [-0.05, 0) is 61.2 Å². The molecule has 4 rings (SSSR count). The van der Waals surface area contributed by atoms with E-state index in [1.165, 1.54) is 19.2 Å². The number of carbonyl (C=O) groups is 1. The maximum Gasteiger partial charge on any atom is 0.416 e. The van der Waals surface area contributed by atoms with Gasteiger partial charge in [0.15, 0.2) is 0 Å². The predicted octanol–water partition coefficient (Wildman–Crippen LogP) is 4.80. The van der Waals surface area contributed by atoms with E-state index in [0.29, 0.717) is 43.6 Å². The third-order valence-corrected chi connectivity index (χ3v) is 7.48. The quantitative estimate of drug-likeness (QED) is 0.340. The minimum atomic E-state index is -4.38. The lowest BCUT2D eigenvalue weighted by molar-refractivity contribution is -0.137. The second-order valence-electron chi connectivity index (χ2n) is 9.88. The standard InChI is InChI=1S/C30H35F3N4O3/c1-4-35(5-2)17-18-36(27(38)20-37-26-8-6-7-25(26)28(39)34-29(37)40-3)19-21-9-11-22(12-10-21)23-13-15-24(16-14-23)30(31,32)33/h9-16H,4-8,17-20H2,1-3H3. The molecular formula is C30H35F3N4O3. The molecule has 1 aliphatic carbocycles. The second kappa shape index (κ2) is 12.7. The highest BCUT2D eigenvalue weighted by atomic mass is 19.4. The predicted molar refractivity (Wildman–Crippen MR) is 147 cm³/mol. The number of rotatable bonds is 11. The first-order chi connectivity index (χ1) is 19.1. The molecule has 1 amide bonds. The van der Waals surface area contributed by atoms with Crippen molar-refractivity contribution in [2.24, 2.45) is 0 Å². The lowest BCUT2D eigenvalue weighted by Crippen LogP contribution is -2.40. The van der Waals surface area contributed by atoms with Gasteiger partial charge in [-0.15, -0.1) is 0 Å². The molecule has 0 saturated heterocycles. The van der Waals surface area contributed by atoms with Crippen LogP contribution in [0.4, 0.5) is 13.2 Å². The third kappa shape index (κ3) is 6.72. The van der Waals surface area contributed by atoms with Crippen molar-refractivity contribution < 1.29 is 22.7 Å². The first-order valence-corrected chi connectivity index (χ1v) is 13.6. The van der Waals surface area contributed by atoms with E-state index in [9.17, 15) is 22.8 Å². The number of nitrogens with zero attached hydrogens (tertiary/aromatic N) is 4. The number of benzene rings is 2. The van der Waals surface area contributed by atoms with E-state index < -0.39 is 11.7 Å². The molecule has 0 unspecified atom stereocenters.